The average Bonchev–Trinajstić information content (AvgIpc) is 2.18. The maximum absolute atomic E-state index is 11.1. The number of hydrogen-bond donors (Lipinski definition) is 0. The predicted octanol–water partition coefficient (Wildman–Crippen LogP) is 1.66. The van der Waals surface area contributed by atoms with E-state index in [9.17, 15) is 4.79 Å². The van der Waals surface area contributed by atoms with Crippen molar-refractivity contribution in [2.45, 2.75) is 0 Å². The molecule has 1 rings (SSSR count). The van der Waals surface area contributed by atoms with Gasteiger partial charge in [0.2, 0.25) is 5.78 Å². The zero-order chi connectivity index (χ0) is 9.68. The van der Waals surface area contributed by atoms with Gasteiger partial charge in [0.1, 0.15) is 0 Å². The number of carbonyl (C=O) groups excluding carboxylic acids is 1. The van der Waals surface area contributed by atoms with Crippen molar-refractivity contribution >= 4 is 5.78 Å². The van der Waals surface area contributed by atoms with Crippen molar-refractivity contribution in [1.29, 1.82) is 5.26 Å². The third-order valence-corrected chi connectivity index (χ3v) is 1.56. The molecule has 3 heteroatoms. The molecule has 0 heterocycles. The Morgan fingerprint density at radius 3 is 2.54 bits per heavy atom. The Bertz CT molecular complexity index is 392. The standard InChI is InChI=1S/C10H6N2O/c1-12-7-10(13)9-4-2-8(6-11)3-5-9/h2-5H,7H2. The van der Waals surface area contributed by atoms with Gasteiger partial charge in [-0.15, -0.1) is 0 Å². The molecule has 0 saturated carbocycles. The molecule has 62 valence electrons. The highest BCUT2D eigenvalue weighted by molar-refractivity contribution is 5.98. The molecule has 0 fully saturated rings. The minimum Gasteiger partial charge on any atom is -0.308 e. The summed E-state index contributed by atoms with van der Waals surface area (Å²) in [6.07, 6.45) is 0. The summed E-state index contributed by atoms with van der Waals surface area (Å²) in [4.78, 5) is 14.1. The second kappa shape index (κ2) is 4.04. The molecule has 0 bridgehead atoms. The molecule has 0 N–H and O–H groups in total. The highest BCUT2D eigenvalue weighted by Crippen LogP contribution is 2.04. The van der Waals surface area contributed by atoms with Gasteiger partial charge < -0.3 is 4.85 Å². The van der Waals surface area contributed by atoms with Gasteiger partial charge in [0, 0.05) is 5.56 Å². The van der Waals surface area contributed by atoms with Crippen LogP contribution < -0.4 is 0 Å². The van der Waals surface area contributed by atoms with E-state index in [-0.39, 0.29) is 12.3 Å². The van der Waals surface area contributed by atoms with Crippen molar-refractivity contribution in [3.8, 4) is 6.07 Å². The van der Waals surface area contributed by atoms with Crippen LogP contribution in [0.4, 0.5) is 0 Å². The van der Waals surface area contributed by atoms with Crippen LogP contribution in [-0.2, 0) is 0 Å². The number of benzene rings is 1. The SMILES string of the molecule is [C-]#[N+]CC(=O)c1ccc(C#N)cc1. The topological polar surface area (TPSA) is 45.2 Å². The van der Waals surface area contributed by atoms with Gasteiger partial charge in [-0.1, -0.05) is 0 Å². The molecule has 0 saturated heterocycles. The van der Waals surface area contributed by atoms with Gasteiger partial charge in [-0.05, 0) is 24.3 Å². The normalized spacial score (nSPS) is 8.46. The van der Waals surface area contributed by atoms with Crippen LogP contribution in [0.5, 0.6) is 0 Å². The summed E-state index contributed by atoms with van der Waals surface area (Å²) >= 11 is 0. The van der Waals surface area contributed by atoms with Gasteiger partial charge in [0.15, 0.2) is 0 Å². The van der Waals surface area contributed by atoms with Crippen molar-refractivity contribution in [3.05, 3.63) is 46.8 Å². The number of nitrogens with zero attached hydrogens (tertiary/aromatic N) is 2. The Morgan fingerprint density at radius 2 is 2.08 bits per heavy atom. The summed E-state index contributed by atoms with van der Waals surface area (Å²) in [5.41, 5.74) is 0.995. The highest BCUT2D eigenvalue weighted by Gasteiger charge is 2.06. The molecule has 0 atom stereocenters. The largest absolute Gasteiger partial charge is 0.308 e. The lowest BCUT2D eigenvalue weighted by atomic mass is 10.1. The van der Waals surface area contributed by atoms with Crippen LogP contribution in [0.15, 0.2) is 24.3 Å². The molecule has 1 aromatic carbocycles. The average molecular weight is 170 g/mol. The van der Waals surface area contributed by atoms with Crippen molar-refractivity contribution < 1.29 is 4.79 Å². The number of carbonyl (C=O) groups is 1. The molecule has 13 heavy (non-hydrogen) atoms. The first kappa shape index (κ1) is 8.96. The molecule has 0 radical (unpaired) electrons. The lowest BCUT2D eigenvalue weighted by Crippen LogP contribution is -2.01. The fourth-order valence-corrected chi connectivity index (χ4v) is 0.894. The summed E-state index contributed by atoms with van der Waals surface area (Å²) in [5.74, 6) is -0.209. The Hall–Kier alpha value is -2.13. The van der Waals surface area contributed by atoms with E-state index < -0.39 is 0 Å². The van der Waals surface area contributed by atoms with Crippen molar-refractivity contribution in [3.63, 3.8) is 0 Å². The van der Waals surface area contributed by atoms with Crippen LogP contribution in [0, 0.1) is 17.9 Å². The van der Waals surface area contributed by atoms with E-state index in [0.717, 1.165) is 0 Å². The van der Waals surface area contributed by atoms with E-state index in [0.29, 0.717) is 11.1 Å². The fraction of sp³-hybridized carbons (Fsp3) is 0.100. The van der Waals surface area contributed by atoms with Crippen LogP contribution in [-0.4, -0.2) is 12.3 Å². The van der Waals surface area contributed by atoms with Gasteiger partial charge in [-0.25, -0.2) is 6.57 Å². The van der Waals surface area contributed by atoms with Crippen LogP contribution in [0.1, 0.15) is 15.9 Å². The van der Waals surface area contributed by atoms with Gasteiger partial charge in [-0.3, -0.25) is 4.79 Å². The van der Waals surface area contributed by atoms with Crippen LogP contribution >= 0.6 is 0 Å². The molecule has 3 nitrogen and oxygen atoms in total. The quantitative estimate of drug-likeness (QED) is 0.500. The Labute approximate surface area is 76.0 Å². The zero-order valence-corrected chi connectivity index (χ0v) is 6.82. The number of rotatable bonds is 2. The molecule has 0 unspecified atom stereocenters. The fourth-order valence-electron chi connectivity index (χ4n) is 0.894. The lowest BCUT2D eigenvalue weighted by molar-refractivity contribution is 0.101. The first-order valence-electron chi connectivity index (χ1n) is 3.64. The first-order chi connectivity index (χ1) is 6.27. The number of ketones is 1. The van der Waals surface area contributed by atoms with E-state index in [1.807, 2.05) is 6.07 Å². The van der Waals surface area contributed by atoms with Crippen LogP contribution in [0.3, 0.4) is 0 Å². The van der Waals surface area contributed by atoms with E-state index in [4.69, 9.17) is 11.8 Å². The van der Waals surface area contributed by atoms with E-state index >= 15 is 0 Å². The number of hydrogen-bond acceptors (Lipinski definition) is 2. The predicted molar refractivity (Wildman–Crippen MR) is 47.0 cm³/mol. The zero-order valence-electron chi connectivity index (χ0n) is 6.82. The van der Waals surface area contributed by atoms with Gasteiger partial charge >= 0.3 is 0 Å². The summed E-state index contributed by atoms with van der Waals surface area (Å²) in [5, 5.41) is 8.49. The number of nitriles is 1. The van der Waals surface area contributed by atoms with Crippen LogP contribution in [0.25, 0.3) is 4.85 Å². The maximum atomic E-state index is 11.1. The monoisotopic (exact) mass is 170 g/mol. The minimum absolute atomic E-state index is 0.133. The van der Waals surface area contributed by atoms with Gasteiger partial charge in [0.25, 0.3) is 6.54 Å². The first-order valence-corrected chi connectivity index (χ1v) is 3.64. The summed E-state index contributed by atoms with van der Waals surface area (Å²) < 4.78 is 0. The van der Waals surface area contributed by atoms with Crippen molar-refractivity contribution in [2.75, 3.05) is 6.54 Å². The Morgan fingerprint density at radius 1 is 1.46 bits per heavy atom. The molecule has 0 aliphatic carbocycles. The van der Waals surface area contributed by atoms with E-state index in [1.54, 1.807) is 24.3 Å². The molecule has 0 aliphatic heterocycles. The molecule has 0 amide bonds. The van der Waals surface area contributed by atoms with Crippen molar-refractivity contribution in [2.24, 2.45) is 0 Å². The third-order valence-electron chi connectivity index (χ3n) is 1.56. The number of Topliss-reactive ketones (excluding diaryl/α,β-unsaturated/α-hetero) is 1. The van der Waals surface area contributed by atoms with Crippen molar-refractivity contribution in [1.82, 2.24) is 0 Å². The molecule has 0 aliphatic rings. The third kappa shape index (κ3) is 2.15. The highest BCUT2D eigenvalue weighted by atomic mass is 16.1. The summed E-state index contributed by atoms with van der Waals surface area (Å²) in [7, 11) is 0. The maximum Gasteiger partial charge on any atom is 0.276 e. The Kier molecular flexibility index (Phi) is 2.78. The molecular formula is C10H6N2O. The van der Waals surface area contributed by atoms with E-state index in [1.165, 1.54) is 0 Å². The second-order valence-electron chi connectivity index (χ2n) is 2.43. The van der Waals surface area contributed by atoms with E-state index in [2.05, 4.69) is 4.85 Å². The second-order valence-corrected chi connectivity index (χ2v) is 2.43. The van der Waals surface area contributed by atoms with Gasteiger partial charge in [0.05, 0.1) is 11.6 Å². The minimum atomic E-state index is -0.209. The summed E-state index contributed by atoms with van der Waals surface area (Å²) in [6.45, 7) is 6.38. The molecule has 1 aromatic rings. The van der Waals surface area contributed by atoms with Crippen LogP contribution in [0.2, 0.25) is 0 Å². The summed E-state index contributed by atoms with van der Waals surface area (Å²) in [6, 6.07) is 8.21. The molecule has 0 aromatic heterocycles. The Balaban J connectivity index is 2.89. The smallest absolute Gasteiger partial charge is 0.276 e. The lowest BCUT2D eigenvalue weighted by Gasteiger charge is -1.93. The van der Waals surface area contributed by atoms with Gasteiger partial charge in [-0.2, -0.15) is 5.26 Å². The molecular weight excluding hydrogens is 164 g/mol. The molecule has 0 spiro atoms.